The summed E-state index contributed by atoms with van der Waals surface area (Å²) in [6.45, 7) is 3.61. The zero-order valence-corrected chi connectivity index (χ0v) is 18.2. The Bertz CT molecular complexity index is 1250. The van der Waals surface area contributed by atoms with Crippen LogP contribution in [0.4, 0.5) is 0 Å². The van der Waals surface area contributed by atoms with E-state index in [1.807, 2.05) is 6.92 Å². The molecule has 0 radical (unpaired) electrons. The van der Waals surface area contributed by atoms with Gasteiger partial charge in [0.05, 0.1) is 23.3 Å². The van der Waals surface area contributed by atoms with Crippen LogP contribution in [0, 0.1) is 12.3 Å². The molecule has 2 aromatic rings. The first kappa shape index (κ1) is 21.3. The van der Waals surface area contributed by atoms with Gasteiger partial charge in [-0.3, -0.25) is 10.2 Å². The SMILES string of the molecule is COc1cc(/C=C2\C(=N)N3OC(C)=CC3=NC2=O)cc(Cl)c1OC(=O)c1ccc(C)cc1. The number of carbonyl (C=O) groups is 2. The Morgan fingerprint density at radius 2 is 1.94 bits per heavy atom. The molecule has 2 aliphatic rings. The van der Waals surface area contributed by atoms with Gasteiger partial charge >= 0.3 is 5.97 Å². The van der Waals surface area contributed by atoms with E-state index in [-0.39, 0.29) is 33.8 Å². The van der Waals surface area contributed by atoms with E-state index < -0.39 is 11.9 Å². The Hall–Kier alpha value is -3.91. The van der Waals surface area contributed by atoms with Gasteiger partial charge in [0.25, 0.3) is 5.91 Å². The highest BCUT2D eigenvalue weighted by atomic mass is 35.5. The molecule has 0 unspecified atom stereocenters. The van der Waals surface area contributed by atoms with Crippen molar-refractivity contribution in [3.63, 3.8) is 0 Å². The molecule has 2 aromatic carbocycles. The monoisotopic (exact) mass is 451 g/mol. The van der Waals surface area contributed by atoms with Crippen LogP contribution in [0.3, 0.4) is 0 Å². The zero-order chi connectivity index (χ0) is 23.0. The molecule has 1 N–H and O–H groups in total. The predicted molar refractivity (Wildman–Crippen MR) is 119 cm³/mol. The van der Waals surface area contributed by atoms with Gasteiger partial charge in [-0.25, -0.2) is 4.79 Å². The van der Waals surface area contributed by atoms with Gasteiger partial charge in [0.1, 0.15) is 5.76 Å². The Morgan fingerprint density at radius 3 is 2.62 bits per heavy atom. The fourth-order valence-electron chi connectivity index (χ4n) is 3.13. The fraction of sp³-hybridized carbons (Fsp3) is 0.130. The second-order valence-electron chi connectivity index (χ2n) is 7.11. The van der Waals surface area contributed by atoms with Gasteiger partial charge in [-0.2, -0.15) is 4.99 Å². The quantitative estimate of drug-likeness (QED) is 0.422. The van der Waals surface area contributed by atoms with Gasteiger partial charge in [-0.05, 0) is 49.8 Å². The molecule has 32 heavy (non-hydrogen) atoms. The summed E-state index contributed by atoms with van der Waals surface area (Å²) in [5.74, 6) is -0.306. The molecule has 1 amide bonds. The molecule has 0 atom stereocenters. The van der Waals surface area contributed by atoms with Gasteiger partial charge < -0.3 is 14.3 Å². The molecule has 9 heteroatoms. The molecule has 2 aliphatic heterocycles. The number of nitrogens with zero attached hydrogens (tertiary/aromatic N) is 2. The number of esters is 1. The number of methoxy groups -OCH3 is 1. The maximum Gasteiger partial charge on any atom is 0.343 e. The van der Waals surface area contributed by atoms with Crippen molar-refractivity contribution < 1.29 is 23.9 Å². The predicted octanol–water partition coefficient (Wildman–Crippen LogP) is 4.33. The van der Waals surface area contributed by atoms with Crippen LogP contribution in [0.5, 0.6) is 11.5 Å². The summed E-state index contributed by atoms with van der Waals surface area (Å²) in [4.78, 5) is 34.3. The summed E-state index contributed by atoms with van der Waals surface area (Å²) in [6.07, 6.45) is 3.02. The molecule has 0 aliphatic carbocycles. The number of carbonyl (C=O) groups excluding carboxylic acids is 2. The first-order valence-corrected chi connectivity index (χ1v) is 9.91. The van der Waals surface area contributed by atoms with Crippen LogP contribution in [0.1, 0.15) is 28.4 Å². The molecule has 2 heterocycles. The van der Waals surface area contributed by atoms with Crippen LogP contribution < -0.4 is 9.47 Å². The van der Waals surface area contributed by atoms with Crippen LogP contribution in [-0.4, -0.2) is 35.7 Å². The largest absolute Gasteiger partial charge is 0.493 e. The third-order valence-electron chi connectivity index (χ3n) is 4.73. The lowest BCUT2D eigenvalue weighted by molar-refractivity contribution is -0.114. The average Bonchev–Trinajstić information content (AvgIpc) is 3.13. The number of aryl methyl sites for hydroxylation is 1. The number of ether oxygens (including phenoxy) is 2. The molecule has 0 aromatic heterocycles. The van der Waals surface area contributed by atoms with Gasteiger partial charge in [-0.1, -0.05) is 29.3 Å². The van der Waals surface area contributed by atoms with E-state index in [0.717, 1.165) is 5.56 Å². The van der Waals surface area contributed by atoms with Gasteiger partial charge in [0.2, 0.25) is 0 Å². The standard InChI is InChI=1S/C23H18ClN3O5/c1-12-4-6-15(7-5-12)23(29)31-20-17(24)10-14(11-18(20)30-3)9-16-21(25)27-19(26-22(16)28)8-13(2)32-27/h4-11,25H,1-3H3/b16-9+,25-21?. The molecular formula is C23H18ClN3O5. The molecule has 0 spiro atoms. The van der Waals surface area contributed by atoms with Crippen molar-refractivity contribution in [1.29, 1.82) is 5.41 Å². The smallest absolute Gasteiger partial charge is 0.343 e. The van der Waals surface area contributed by atoms with Crippen molar-refractivity contribution in [2.45, 2.75) is 13.8 Å². The molecular weight excluding hydrogens is 434 g/mol. The number of allylic oxidation sites excluding steroid dienone is 1. The van der Waals surface area contributed by atoms with E-state index in [1.165, 1.54) is 24.3 Å². The lowest BCUT2D eigenvalue weighted by atomic mass is 10.1. The fourth-order valence-corrected chi connectivity index (χ4v) is 3.39. The van der Waals surface area contributed by atoms with Crippen LogP contribution in [0.2, 0.25) is 5.02 Å². The molecule has 0 saturated carbocycles. The highest BCUT2D eigenvalue weighted by Gasteiger charge is 2.34. The Kier molecular flexibility index (Phi) is 5.54. The van der Waals surface area contributed by atoms with Crippen LogP contribution in [0.25, 0.3) is 6.08 Å². The number of fused-ring (bicyclic) bond motifs is 1. The second kappa shape index (κ2) is 8.32. The Morgan fingerprint density at radius 1 is 1.22 bits per heavy atom. The summed E-state index contributed by atoms with van der Waals surface area (Å²) in [5.41, 5.74) is 1.85. The summed E-state index contributed by atoms with van der Waals surface area (Å²) in [6, 6.07) is 9.96. The Labute approximate surface area is 188 Å². The van der Waals surface area contributed by atoms with E-state index in [9.17, 15) is 9.59 Å². The number of amides is 1. The maximum absolute atomic E-state index is 12.5. The molecule has 8 nitrogen and oxygen atoms in total. The molecule has 162 valence electrons. The highest BCUT2D eigenvalue weighted by molar-refractivity contribution is 6.34. The summed E-state index contributed by atoms with van der Waals surface area (Å²) < 4.78 is 10.8. The Balaban J connectivity index is 1.64. The van der Waals surface area contributed by atoms with E-state index in [0.29, 0.717) is 16.9 Å². The van der Waals surface area contributed by atoms with Crippen molar-refractivity contribution in [3.05, 3.63) is 75.5 Å². The normalized spacial score (nSPS) is 16.4. The first-order valence-electron chi connectivity index (χ1n) is 9.53. The van der Waals surface area contributed by atoms with E-state index in [1.54, 1.807) is 43.3 Å². The number of benzene rings is 2. The summed E-state index contributed by atoms with van der Waals surface area (Å²) >= 11 is 6.37. The van der Waals surface area contributed by atoms with Gasteiger partial charge in [-0.15, -0.1) is 5.06 Å². The van der Waals surface area contributed by atoms with Crippen LogP contribution in [0.15, 0.2) is 58.8 Å². The lowest BCUT2D eigenvalue weighted by Gasteiger charge is -2.23. The maximum atomic E-state index is 12.5. The highest BCUT2D eigenvalue weighted by Crippen LogP contribution is 2.38. The third-order valence-corrected chi connectivity index (χ3v) is 5.01. The van der Waals surface area contributed by atoms with Crippen molar-refractivity contribution in [1.82, 2.24) is 5.06 Å². The van der Waals surface area contributed by atoms with Crippen molar-refractivity contribution in [3.8, 4) is 11.5 Å². The zero-order valence-electron chi connectivity index (χ0n) is 17.4. The number of rotatable bonds is 4. The number of amidine groups is 2. The van der Waals surface area contributed by atoms with E-state index in [2.05, 4.69) is 4.99 Å². The lowest BCUT2D eigenvalue weighted by Crippen LogP contribution is -2.38. The van der Waals surface area contributed by atoms with Crippen molar-refractivity contribution in [2.24, 2.45) is 4.99 Å². The van der Waals surface area contributed by atoms with E-state index in [4.69, 9.17) is 31.3 Å². The van der Waals surface area contributed by atoms with Crippen molar-refractivity contribution in [2.75, 3.05) is 7.11 Å². The minimum absolute atomic E-state index is 0.0133. The number of halogens is 1. The summed E-state index contributed by atoms with van der Waals surface area (Å²) in [7, 11) is 1.41. The average molecular weight is 452 g/mol. The van der Waals surface area contributed by atoms with Gasteiger partial charge in [0, 0.05) is 6.08 Å². The van der Waals surface area contributed by atoms with Gasteiger partial charge in [0.15, 0.2) is 23.2 Å². The number of hydroxylamine groups is 2. The number of nitrogens with one attached hydrogen (secondary N) is 1. The topological polar surface area (TPSA) is 101 Å². The third kappa shape index (κ3) is 4.00. The van der Waals surface area contributed by atoms with Crippen LogP contribution >= 0.6 is 11.6 Å². The summed E-state index contributed by atoms with van der Waals surface area (Å²) in [5, 5.41) is 9.57. The molecule has 0 bridgehead atoms. The minimum atomic E-state index is -0.587. The molecule has 0 fully saturated rings. The molecule has 0 saturated heterocycles. The second-order valence-corrected chi connectivity index (χ2v) is 7.52. The molecule has 4 rings (SSSR count). The van der Waals surface area contributed by atoms with Crippen LogP contribution in [-0.2, 0) is 9.63 Å². The first-order chi connectivity index (χ1) is 15.3. The number of hydrogen-bond acceptors (Lipinski definition) is 6. The number of hydrogen-bond donors (Lipinski definition) is 1. The van der Waals surface area contributed by atoms with E-state index >= 15 is 0 Å². The minimum Gasteiger partial charge on any atom is -0.493 e. The number of aliphatic imine (C=N–C) groups is 1. The van der Waals surface area contributed by atoms with Crippen molar-refractivity contribution >= 4 is 41.2 Å².